The van der Waals surface area contributed by atoms with Crippen molar-refractivity contribution in [3.05, 3.63) is 60.2 Å². The molecule has 0 saturated heterocycles. The Morgan fingerprint density at radius 2 is 1.92 bits per heavy atom. The number of anilines is 1. The topological polar surface area (TPSA) is 68.0 Å². The van der Waals surface area contributed by atoms with Crippen LogP contribution in [0.5, 0.6) is 0 Å². The number of aromatic nitrogens is 2. The molecule has 0 bridgehead atoms. The summed E-state index contributed by atoms with van der Waals surface area (Å²) < 4.78 is 5.66. The number of amides is 1. The molecule has 3 rings (SSSR count). The predicted octanol–water partition coefficient (Wildman–Crippen LogP) is 4.16. The molecule has 0 saturated carbocycles. The van der Waals surface area contributed by atoms with E-state index < -0.39 is 0 Å². The molecule has 6 heteroatoms. The number of rotatable bonds is 5. The van der Waals surface area contributed by atoms with E-state index in [-0.39, 0.29) is 11.2 Å². The van der Waals surface area contributed by atoms with Crippen molar-refractivity contribution in [1.29, 1.82) is 0 Å². The van der Waals surface area contributed by atoms with Gasteiger partial charge in [0.2, 0.25) is 11.8 Å². The molecule has 0 spiro atoms. The van der Waals surface area contributed by atoms with Gasteiger partial charge in [-0.3, -0.25) is 4.79 Å². The lowest BCUT2D eigenvalue weighted by Crippen LogP contribution is -2.22. The third-order valence-corrected chi connectivity index (χ3v) is 4.29. The van der Waals surface area contributed by atoms with E-state index in [1.165, 1.54) is 11.8 Å². The number of carbonyl (C=O) groups is 1. The molecule has 1 atom stereocenters. The molecule has 24 heavy (non-hydrogen) atoms. The fraction of sp³-hybridized carbons (Fsp3) is 0.167. The highest BCUT2D eigenvalue weighted by Gasteiger charge is 2.18. The van der Waals surface area contributed by atoms with Gasteiger partial charge < -0.3 is 9.73 Å². The summed E-state index contributed by atoms with van der Waals surface area (Å²) in [5.41, 5.74) is 2.76. The molecule has 0 fully saturated rings. The first-order valence-corrected chi connectivity index (χ1v) is 8.43. The normalized spacial score (nSPS) is 11.9. The van der Waals surface area contributed by atoms with Crippen molar-refractivity contribution in [2.75, 3.05) is 5.32 Å². The van der Waals surface area contributed by atoms with Gasteiger partial charge in [0.1, 0.15) is 0 Å². The Hall–Kier alpha value is -2.60. The van der Waals surface area contributed by atoms with E-state index in [2.05, 4.69) is 15.5 Å². The number of nitrogens with one attached hydrogen (secondary N) is 1. The lowest BCUT2D eigenvalue weighted by molar-refractivity contribution is -0.115. The van der Waals surface area contributed by atoms with Crippen LogP contribution in [0.15, 0.2) is 64.2 Å². The standard InChI is InChI=1S/C18H17N3O2S/c1-12-7-6-8-14(11-12)17-20-21-18(23-17)24-13(2)16(22)19-15-9-4-3-5-10-15/h3-11,13H,1-2H3,(H,19,22)/t13-/m0/s1. The van der Waals surface area contributed by atoms with E-state index in [1.807, 2.05) is 61.5 Å². The van der Waals surface area contributed by atoms with Crippen LogP contribution in [-0.4, -0.2) is 21.4 Å². The number of para-hydroxylation sites is 1. The summed E-state index contributed by atoms with van der Waals surface area (Å²) in [6, 6.07) is 17.2. The minimum Gasteiger partial charge on any atom is -0.411 e. The Labute approximate surface area is 144 Å². The summed E-state index contributed by atoms with van der Waals surface area (Å²) in [6.45, 7) is 3.81. The maximum Gasteiger partial charge on any atom is 0.277 e. The molecule has 122 valence electrons. The van der Waals surface area contributed by atoms with Crippen molar-refractivity contribution in [1.82, 2.24) is 10.2 Å². The fourth-order valence-electron chi connectivity index (χ4n) is 2.12. The first-order chi connectivity index (χ1) is 11.6. The van der Waals surface area contributed by atoms with E-state index in [0.29, 0.717) is 11.1 Å². The van der Waals surface area contributed by atoms with Crippen LogP contribution in [0.2, 0.25) is 0 Å². The maximum atomic E-state index is 12.2. The number of hydrogen-bond acceptors (Lipinski definition) is 5. The van der Waals surface area contributed by atoms with Gasteiger partial charge in [0.15, 0.2) is 0 Å². The minimum absolute atomic E-state index is 0.110. The molecule has 0 unspecified atom stereocenters. The second kappa shape index (κ2) is 7.31. The van der Waals surface area contributed by atoms with Crippen LogP contribution in [0.25, 0.3) is 11.5 Å². The summed E-state index contributed by atoms with van der Waals surface area (Å²) in [5.74, 6) is 0.346. The van der Waals surface area contributed by atoms with Gasteiger partial charge in [-0.2, -0.15) is 0 Å². The second-order valence-electron chi connectivity index (χ2n) is 5.36. The van der Waals surface area contributed by atoms with Crippen LogP contribution in [0.4, 0.5) is 5.69 Å². The van der Waals surface area contributed by atoms with Gasteiger partial charge in [0, 0.05) is 11.3 Å². The van der Waals surface area contributed by atoms with Gasteiger partial charge in [-0.25, -0.2) is 0 Å². The molecule has 3 aromatic rings. The van der Waals surface area contributed by atoms with E-state index in [0.717, 1.165) is 16.8 Å². The average molecular weight is 339 g/mol. The summed E-state index contributed by atoms with van der Waals surface area (Å²) in [7, 11) is 0. The summed E-state index contributed by atoms with van der Waals surface area (Å²) in [4.78, 5) is 12.2. The van der Waals surface area contributed by atoms with Crippen molar-refractivity contribution in [2.24, 2.45) is 0 Å². The molecule has 0 aliphatic rings. The predicted molar refractivity (Wildman–Crippen MR) is 94.9 cm³/mol. The van der Waals surface area contributed by atoms with Crippen molar-refractivity contribution < 1.29 is 9.21 Å². The number of hydrogen-bond donors (Lipinski definition) is 1. The molecule has 0 radical (unpaired) electrons. The first kappa shape index (κ1) is 16.3. The molecule has 0 aliphatic carbocycles. The minimum atomic E-state index is -0.351. The van der Waals surface area contributed by atoms with Crippen LogP contribution >= 0.6 is 11.8 Å². The van der Waals surface area contributed by atoms with Gasteiger partial charge >= 0.3 is 0 Å². The monoisotopic (exact) mass is 339 g/mol. The molecule has 1 amide bonds. The van der Waals surface area contributed by atoms with Gasteiger partial charge in [-0.05, 0) is 38.1 Å². The van der Waals surface area contributed by atoms with Crippen LogP contribution in [0, 0.1) is 6.92 Å². The summed E-state index contributed by atoms with van der Waals surface area (Å²) in [5, 5.41) is 11.0. The highest BCUT2D eigenvalue weighted by atomic mass is 32.2. The number of carbonyl (C=O) groups excluding carboxylic acids is 1. The second-order valence-corrected chi connectivity index (χ2v) is 6.65. The highest BCUT2D eigenvalue weighted by molar-refractivity contribution is 8.00. The molecule has 0 aliphatic heterocycles. The Balaban J connectivity index is 1.65. The van der Waals surface area contributed by atoms with Crippen LogP contribution < -0.4 is 5.32 Å². The third kappa shape index (κ3) is 4.02. The van der Waals surface area contributed by atoms with E-state index in [1.54, 1.807) is 6.92 Å². The number of nitrogens with zero attached hydrogens (tertiary/aromatic N) is 2. The Kier molecular flexibility index (Phi) is 4.96. The number of thioether (sulfide) groups is 1. The fourth-order valence-corrected chi connectivity index (χ4v) is 2.81. The van der Waals surface area contributed by atoms with Gasteiger partial charge in [0.05, 0.1) is 5.25 Å². The third-order valence-electron chi connectivity index (χ3n) is 3.36. The zero-order valence-corrected chi connectivity index (χ0v) is 14.2. The summed E-state index contributed by atoms with van der Waals surface area (Å²) >= 11 is 1.24. The Morgan fingerprint density at radius 1 is 1.12 bits per heavy atom. The maximum absolute atomic E-state index is 12.2. The Bertz CT molecular complexity index is 833. The van der Waals surface area contributed by atoms with E-state index in [4.69, 9.17) is 4.42 Å². The van der Waals surface area contributed by atoms with Crippen molar-refractivity contribution in [3.8, 4) is 11.5 Å². The van der Waals surface area contributed by atoms with E-state index >= 15 is 0 Å². The van der Waals surface area contributed by atoms with Crippen molar-refractivity contribution in [3.63, 3.8) is 0 Å². The van der Waals surface area contributed by atoms with E-state index in [9.17, 15) is 4.79 Å². The first-order valence-electron chi connectivity index (χ1n) is 7.55. The molecular formula is C18H17N3O2S. The quantitative estimate of drug-likeness (QED) is 0.707. The van der Waals surface area contributed by atoms with Crippen LogP contribution in [-0.2, 0) is 4.79 Å². The van der Waals surface area contributed by atoms with Crippen molar-refractivity contribution in [2.45, 2.75) is 24.3 Å². The Morgan fingerprint density at radius 3 is 2.67 bits per heavy atom. The molecule has 1 aromatic heterocycles. The zero-order chi connectivity index (χ0) is 16.9. The molecule has 1 N–H and O–H groups in total. The molecule has 2 aromatic carbocycles. The smallest absolute Gasteiger partial charge is 0.277 e. The lowest BCUT2D eigenvalue weighted by atomic mass is 10.1. The summed E-state index contributed by atoms with van der Waals surface area (Å²) in [6.07, 6.45) is 0. The highest BCUT2D eigenvalue weighted by Crippen LogP contribution is 2.27. The van der Waals surface area contributed by atoms with Gasteiger partial charge in [-0.1, -0.05) is 47.7 Å². The number of aryl methyl sites for hydroxylation is 1. The zero-order valence-electron chi connectivity index (χ0n) is 13.4. The molecular weight excluding hydrogens is 322 g/mol. The van der Waals surface area contributed by atoms with Crippen LogP contribution in [0.1, 0.15) is 12.5 Å². The van der Waals surface area contributed by atoms with Gasteiger partial charge in [0.25, 0.3) is 5.22 Å². The molecule has 5 nitrogen and oxygen atoms in total. The SMILES string of the molecule is Cc1cccc(-c2nnc(S[C@@H](C)C(=O)Nc3ccccc3)o2)c1. The van der Waals surface area contributed by atoms with Crippen LogP contribution in [0.3, 0.4) is 0 Å². The van der Waals surface area contributed by atoms with Gasteiger partial charge in [-0.15, -0.1) is 10.2 Å². The molecule has 1 heterocycles. The number of benzene rings is 2. The van der Waals surface area contributed by atoms with Crippen molar-refractivity contribution >= 4 is 23.4 Å². The lowest BCUT2D eigenvalue weighted by Gasteiger charge is -2.09. The largest absolute Gasteiger partial charge is 0.411 e. The average Bonchev–Trinajstić information content (AvgIpc) is 3.04.